The Labute approximate surface area is 69.0 Å². The summed E-state index contributed by atoms with van der Waals surface area (Å²) in [6.45, 7) is 0.429. The van der Waals surface area contributed by atoms with Crippen LogP contribution in [0.2, 0.25) is 0 Å². The summed E-state index contributed by atoms with van der Waals surface area (Å²) in [4.78, 5) is 22.2. The monoisotopic (exact) mass is 175 g/mol. The number of rotatable bonds is 0. The number of alkyl halides is 1. The van der Waals surface area contributed by atoms with Crippen LogP contribution in [0.5, 0.6) is 0 Å². The lowest BCUT2D eigenvalue weighted by atomic mass is 10.1. The third kappa shape index (κ3) is 1.93. The Morgan fingerprint density at radius 3 is 2.25 bits per heavy atom. The van der Waals surface area contributed by atoms with Gasteiger partial charge in [0.2, 0.25) is 0 Å². The minimum atomic E-state index is -1.47. The minimum Gasteiger partial charge on any atom is -0.474 e. The van der Waals surface area contributed by atoms with Crippen molar-refractivity contribution < 1.29 is 19.1 Å². The molecule has 1 aliphatic rings. The normalized spacial score (nSPS) is 19.2. The van der Waals surface area contributed by atoms with Gasteiger partial charge < -0.3 is 10.0 Å². The van der Waals surface area contributed by atoms with Gasteiger partial charge in [-0.25, -0.2) is 9.18 Å². The lowest BCUT2D eigenvalue weighted by Gasteiger charge is -2.26. The van der Waals surface area contributed by atoms with Crippen LogP contribution in [0.1, 0.15) is 12.8 Å². The van der Waals surface area contributed by atoms with E-state index in [0.29, 0.717) is 0 Å². The van der Waals surface area contributed by atoms with Crippen molar-refractivity contribution in [2.75, 3.05) is 13.1 Å². The first-order chi connectivity index (χ1) is 5.61. The number of carboxylic acid groups (broad SMARTS) is 1. The smallest absolute Gasteiger partial charge is 0.394 e. The van der Waals surface area contributed by atoms with Crippen molar-refractivity contribution in [1.82, 2.24) is 4.90 Å². The number of carbonyl (C=O) groups excluding carboxylic acids is 1. The van der Waals surface area contributed by atoms with Crippen molar-refractivity contribution >= 4 is 11.9 Å². The number of hydrogen-bond acceptors (Lipinski definition) is 2. The summed E-state index contributed by atoms with van der Waals surface area (Å²) in [6, 6.07) is 0. The highest BCUT2D eigenvalue weighted by molar-refractivity contribution is 6.31. The van der Waals surface area contributed by atoms with Gasteiger partial charge in [0.05, 0.1) is 0 Å². The average molecular weight is 175 g/mol. The van der Waals surface area contributed by atoms with Gasteiger partial charge in [-0.15, -0.1) is 0 Å². The number of nitrogens with zero attached hydrogens (tertiary/aromatic N) is 1. The number of carbonyl (C=O) groups is 2. The van der Waals surface area contributed by atoms with Crippen LogP contribution in [-0.4, -0.2) is 41.1 Å². The van der Waals surface area contributed by atoms with Crippen LogP contribution in [0.15, 0.2) is 0 Å². The highest BCUT2D eigenvalue weighted by Gasteiger charge is 2.25. The summed E-state index contributed by atoms with van der Waals surface area (Å²) in [5, 5.41) is 8.32. The molecule has 1 amide bonds. The van der Waals surface area contributed by atoms with Crippen LogP contribution in [0.4, 0.5) is 4.39 Å². The molecule has 1 rings (SSSR count). The average Bonchev–Trinajstić information content (AvgIpc) is 2.04. The maximum absolute atomic E-state index is 12.5. The van der Waals surface area contributed by atoms with Crippen LogP contribution in [0, 0.1) is 0 Å². The van der Waals surface area contributed by atoms with Crippen molar-refractivity contribution in [3.8, 4) is 0 Å². The number of hydrogen-bond donors (Lipinski definition) is 1. The van der Waals surface area contributed by atoms with Gasteiger partial charge >= 0.3 is 11.9 Å². The molecule has 0 aromatic carbocycles. The molecule has 1 fully saturated rings. The molecule has 0 radical (unpaired) electrons. The fourth-order valence-electron chi connectivity index (χ4n) is 1.19. The Balaban J connectivity index is 2.44. The zero-order chi connectivity index (χ0) is 9.14. The van der Waals surface area contributed by atoms with Crippen molar-refractivity contribution in [2.24, 2.45) is 0 Å². The topological polar surface area (TPSA) is 57.6 Å². The third-order valence-corrected chi connectivity index (χ3v) is 1.89. The van der Waals surface area contributed by atoms with E-state index in [2.05, 4.69) is 0 Å². The van der Waals surface area contributed by atoms with E-state index in [0.717, 1.165) is 0 Å². The second-order valence-electron chi connectivity index (χ2n) is 2.77. The van der Waals surface area contributed by atoms with E-state index in [1.807, 2.05) is 0 Å². The van der Waals surface area contributed by atoms with Crippen molar-refractivity contribution in [3.05, 3.63) is 0 Å². The van der Waals surface area contributed by atoms with E-state index in [1.54, 1.807) is 0 Å². The molecule has 0 unspecified atom stereocenters. The molecule has 0 aromatic rings. The van der Waals surface area contributed by atoms with E-state index in [-0.39, 0.29) is 25.9 Å². The number of likely N-dealkylation sites (tertiary alicyclic amines) is 1. The molecule has 68 valence electrons. The molecule has 1 saturated heterocycles. The first-order valence-electron chi connectivity index (χ1n) is 3.77. The largest absolute Gasteiger partial charge is 0.474 e. The molecule has 0 aliphatic carbocycles. The Morgan fingerprint density at radius 2 is 1.83 bits per heavy atom. The van der Waals surface area contributed by atoms with E-state index >= 15 is 0 Å². The fourth-order valence-corrected chi connectivity index (χ4v) is 1.19. The quantitative estimate of drug-likeness (QED) is 0.528. The molecular weight excluding hydrogens is 165 g/mol. The van der Waals surface area contributed by atoms with E-state index in [1.165, 1.54) is 4.90 Å². The summed E-state index contributed by atoms with van der Waals surface area (Å²) in [5.74, 6) is -2.39. The maximum Gasteiger partial charge on any atom is 0.394 e. The number of piperidine rings is 1. The van der Waals surface area contributed by atoms with Gasteiger partial charge in [0.25, 0.3) is 0 Å². The van der Waals surface area contributed by atoms with E-state index in [4.69, 9.17) is 5.11 Å². The van der Waals surface area contributed by atoms with Gasteiger partial charge in [-0.3, -0.25) is 4.79 Å². The zero-order valence-electron chi connectivity index (χ0n) is 6.49. The van der Waals surface area contributed by atoms with Gasteiger partial charge in [0.1, 0.15) is 6.17 Å². The Kier molecular flexibility index (Phi) is 2.62. The van der Waals surface area contributed by atoms with Gasteiger partial charge in [0.15, 0.2) is 0 Å². The molecule has 4 nitrogen and oxygen atoms in total. The Bertz CT molecular complexity index is 199. The predicted octanol–water partition coefficient (Wildman–Crippen LogP) is 0.0315. The Morgan fingerprint density at radius 1 is 1.33 bits per heavy atom. The third-order valence-electron chi connectivity index (χ3n) is 1.89. The maximum atomic E-state index is 12.5. The number of halogens is 1. The van der Waals surface area contributed by atoms with Crippen LogP contribution in [-0.2, 0) is 9.59 Å². The van der Waals surface area contributed by atoms with Crippen LogP contribution in [0.25, 0.3) is 0 Å². The highest BCUT2D eigenvalue weighted by atomic mass is 19.1. The van der Waals surface area contributed by atoms with Crippen LogP contribution >= 0.6 is 0 Å². The molecule has 0 saturated carbocycles. The summed E-state index contributed by atoms with van der Waals surface area (Å²) in [7, 11) is 0. The molecule has 5 heteroatoms. The molecular formula is C7H10FNO3. The number of amides is 1. The molecule has 0 bridgehead atoms. The molecule has 0 aromatic heterocycles. The zero-order valence-corrected chi connectivity index (χ0v) is 6.49. The molecule has 0 spiro atoms. The summed E-state index contributed by atoms with van der Waals surface area (Å²) in [6.07, 6.45) is -0.388. The standard InChI is InChI=1S/C7H10FNO3/c8-5-1-3-9(4-2-5)6(10)7(11)12/h5H,1-4H2,(H,11,12). The summed E-state index contributed by atoms with van der Waals surface area (Å²) >= 11 is 0. The lowest BCUT2D eigenvalue weighted by Crippen LogP contribution is -2.42. The van der Waals surface area contributed by atoms with E-state index in [9.17, 15) is 14.0 Å². The first kappa shape index (κ1) is 8.96. The van der Waals surface area contributed by atoms with Crippen molar-refractivity contribution in [3.63, 3.8) is 0 Å². The van der Waals surface area contributed by atoms with Gasteiger partial charge in [-0.05, 0) is 12.8 Å². The SMILES string of the molecule is O=C(O)C(=O)N1CCC(F)CC1. The number of carboxylic acids is 1. The van der Waals surface area contributed by atoms with Gasteiger partial charge in [-0.2, -0.15) is 0 Å². The molecule has 1 aliphatic heterocycles. The van der Waals surface area contributed by atoms with Crippen LogP contribution < -0.4 is 0 Å². The lowest BCUT2D eigenvalue weighted by molar-refractivity contribution is -0.156. The van der Waals surface area contributed by atoms with Crippen molar-refractivity contribution in [2.45, 2.75) is 19.0 Å². The second-order valence-corrected chi connectivity index (χ2v) is 2.77. The van der Waals surface area contributed by atoms with Gasteiger partial charge in [0, 0.05) is 13.1 Å². The van der Waals surface area contributed by atoms with Crippen LogP contribution in [0.3, 0.4) is 0 Å². The Hall–Kier alpha value is -1.13. The molecule has 1 N–H and O–H groups in total. The summed E-state index contributed by atoms with van der Waals surface area (Å²) < 4.78 is 12.5. The molecule has 1 heterocycles. The minimum absolute atomic E-state index is 0.215. The first-order valence-corrected chi connectivity index (χ1v) is 3.77. The van der Waals surface area contributed by atoms with Crippen molar-refractivity contribution in [1.29, 1.82) is 0 Å². The van der Waals surface area contributed by atoms with Gasteiger partial charge in [-0.1, -0.05) is 0 Å². The van der Waals surface area contributed by atoms with E-state index < -0.39 is 18.0 Å². The molecule has 0 atom stereocenters. The number of aliphatic carboxylic acids is 1. The fraction of sp³-hybridized carbons (Fsp3) is 0.714. The predicted molar refractivity (Wildman–Crippen MR) is 38.3 cm³/mol. The molecule has 12 heavy (non-hydrogen) atoms. The second kappa shape index (κ2) is 3.51. The highest BCUT2D eigenvalue weighted by Crippen LogP contribution is 2.12. The summed E-state index contributed by atoms with van der Waals surface area (Å²) in [5.41, 5.74) is 0.